The topological polar surface area (TPSA) is 29.3 Å². The molecule has 84 valence electrons. The zero-order valence-corrected chi connectivity index (χ0v) is 10.4. The van der Waals surface area contributed by atoms with Crippen molar-refractivity contribution in [3.05, 3.63) is 17.0 Å². The van der Waals surface area contributed by atoms with E-state index >= 15 is 0 Å². The van der Waals surface area contributed by atoms with Crippen LogP contribution in [0.5, 0.6) is 0 Å². The van der Waals surface area contributed by atoms with Crippen LogP contribution in [0.25, 0.3) is 0 Å². The Morgan fingerprint density at radius 1 is 1.40 bits per heavy atom. The molecule has 2 rings (SSSR count). The number of nitrogens with two attached hydrogens (primary N) is 1. The van der Waals surface area contributed by atoms with Crippen LogP contribution in [0.1, 0.15) is 31.2 Å². The van der Waals surface area contributed by atoms with E-state index in [1.807, 2.05) is 11.3 Å². The summed E-state index contributed by atoms with van der Waals surface area (Å²) in [6, 6.07) is 3.08. The number of rotatable bonds is 2. The van der Waals surface area contributed by atoms with Gasteiger partial charge in [-0.2, -0.15) is 0 Å². The van der Waals surface area contributed by atoms with Crippen LogP contribution in [0, 0.1) is 6.92 Å². The summed E-state index contributed by atoms with van der Waals surface area (Å²) in [4.78, 5) is 2.39. The minimum atomic E-state index is 0.352. The maximum atomic E-state index is 6.20. The molecule has 2 nitrogen and oxygen atoms in total. The molecule has 0 bridgehead atoms. The van der Waals surface area contributed by atoms with E-state index < -0.39 is 0 Å². The lowest BCUT2D eigenvalue weighted by atomic mass is 9.90. The fourth-order valence-electron chi connectivity index (χ4n) is 2.50. The van der Waals surface area contributed by atoms with Crippen LogP contribution in [-0.4, -0.2) is 19.1 Å². The largest absolute Gasteiger partial charge is 0.362 e. The molecule has 0 aromatic carbocycles. The van der Waals surface area contributed by atoms with Gasteiger partial charge in [0.2, 0.25) is 0 Å². The zero-order chi connectivity index (χ0) is 10.8. The Kier molecular flexibility index (Phi) is 3.32. The van der Waals surface area contributed by atoms with Gasteiger partial charge in [-0.25, -0.2) is 0 Å². The van der Waals surface area contributed by atoms with Crippen molar-refractivity contribution in [2.24, 2.45) is 5.73 Å². The first kappa shape index (κ1) is 11.0. The van der Waals surface area contributed by atoms with E-state index in [1.54, 1.807) is 0 Å². The molecule has 1 fully saturated rings. The molecule has 15 heavy (non-hydrogen) atoms. The summed E-state index contributed by atoms with van der Waals surface area (Å²) in [5, 5.41) is 3.55. The average molecular weight is 224 g/mol. The van der Waals surface area contributed by atoms with Gasteiger partial charge in [-0.05, 0) is 36.8 Å². The Morgan fingerprint density at radius 2 is 2.13 bits per heavy atom. The Labute approximate surface area is 96.1 Å². The molecule has 1 aliphatic carbocycles. The fourth-order valence-corrected chi connectivity index (χ4v) is 3.45. The predicted octanol–water partition coefficient (Wildman–Crippen LogP) is 2.76. The van der Waals surface area contributed by atoms with Gasteiger partial charge in [0, 0.05) is 19.1 Å². The highest BCUT2D eigenvalue weighted by atomic mass is 32.1. The Hall–Kier alpha value is -0.540. The minimum absolute atomic E-state index is 0.352. The summed E-state index contributed by atoms with van der Waals surface area (Å²) in [5.74, 6) is 0. The molecular weight excluding hydrogens is 204 g/mol. The molecule has 1 aliphatic rings. The van der Waals surface area contributed by atoms with Crippen LogP contribution < -0.4 is 10.6 Å². The SMILES string of the molecule is Cc1ccsc1N(C)C1CCCCC1N. The second-order valence-electron chi connectivity index (χ2n) is 4.54. The van der Waals surface area contributed by atoms with E-state index in [4.69, 9.17) is 5.73 Å². The molecule has 0 amide bonds. The normalized spacial score (nSPS) is 26.6. The molecule has 2 unspecified atom stereocenters. The van der Waals surface area contributed by atoms with Crippen LogP contribution in [0.15, 0.2) is 11.4 Å². The van der Waals surface area contributed by atoms with E-state index in [2.05, 4.69) is 30.3 Å². The molecule has 0 aliphatic heterocycles. The van der Waals surface area contributed by atoms with E-state index in [1.165, 1.54) is 36.2 Å². The highest BCUT2D eigenvalue weighted by molar-refractivity contribution is 7.14. The Bertz CT molecular complexity index is 321. The third kappa shape index (κ3) is 2.18. The maximum absolute atomic E-state index is 6.20. The van der Waals surface area contributed by atoms with Crippen molar-refractivity contribution < 1.29 is 0 Å². The van der Waals surface area contributed by atoms with Crippen molar-refractivity contribution >= 4 is 16.3 Å². The number of nitrogens with zero attached hydrogens (tertiary/aromatic N) is 1. The van der Waals surface area contributed by atoms with Crippen molar-refractivity contribution in [2.75, 3.05) is 11.9 Å². The van der Waals surface area contributed by atoms with Crippen LogP contribution >= 0.6 is 11.3 Å². The van der Waals surface area contributed by atoms with Crippen LogP contribution in [0.2, 0.25) is 0 Å². The standard InChI is InChI=1S/C12H20N2S/c1-9-7-8-15-12(9)14(2)11-6-4-3-5-10(11)13/h7-8,10-11H,3-6,13H2,1-2H3. The first-order valence-electron chi connectivity index (χ1n) is 5.72. The summed E-state index contributed by atoms with van der Waals surface area (Å²) in [5.41, 5.74) is 7.57. The molecule has 3 heteroatoms. The molecule has 2 N–H and O–H groups in total. The van der Waals surface area contributed by atoms with Gasteiger partial charge in [-0.15, -0.1) is 11.3 Å². The first-order chi connectivity index (χ1) is 7.20. The van der Waals surface area contributed by atoms with Crippen molar-refractivity contribution in [3.8, 4) is 0 Å². The predicted molar refractivity (Wildman–Crippen MR) is 67.7 cm³/mol. The Morgan fingerprint density at radius 3 is 2.73 bits per heavy atom. The molecule has 0 saturated heterocycles. The third-order valence-corrected chi connectivity index (χ3v) is 4.54. The Balaban J connectivity index is 2.13. The summed E-state index contributed by atoms with van der Waals surface area (Å²) in [6.07, 6.45) is 5.05. The van der Waals surface area contributed by atoms with Crippen LogP contribution in [0.4, 0.5) is 5.00 Å². The zero-order valence-electron chi connectivity index (χ0n) is 9.57. The summed E-state index contributed by atoms with van der Waals surface area (Å²) >= 11 is 1.82. The first-order valence-corrected chi connectivity index (χ1v) is 6.60. The number of likely N-dealkylation sites (N-methyl/N-ethyl adjacent to an activating group) is 1. The summed E-state index contributed by atoms with van der Waals surface area (Å²) < 4.78 is 0. The third-order valence-electron chi connectivity index (χ3n) is 3.43. The quantitative estimate of drug-likeness (QED) is 0.837. The van der Waals surface area contributed by atoms with Gasteiger partial charge in [0.1, 0.15) is 0 Å². The highest BCUT2D eigenvalue weighted by Crippen LogP contribution is 2.31. The van der Waals surface area contributed by atoms with Crippen LogP contribution in [0.3, 0.4) is 0 Å². The van der Waals surface area contributed by atoms with E-state index in [0.717, 1.165) is 0 Å². The van der Waals surface area contributed by atoms with Gasteiger partial charge in [-0.3, -0.25) is 0 Å². The van der Waals surface area contributed by atoms with Crippen molar-refractivity contribution in [2.45, 2.75) is 44.7 Å². The van der Waals surface area contributed by atoms with Gasteiger partial charge < -0.3 is 10.6 Å². The number of hydrogen-bond acceptors (Lipinski definition) is 3. The molecule has 0 spiro atoms. The van der Waals surface area contributed by atoms with E-state index in [-0.39, 0.29) is 0 Å². The molecule has 1 aromatic heterocycles. The molecule has 1 saturated carbocycles. The molecule has 0 radical (unpaired) electrons. The van der Waals surface area contributed by atoms with Gasteiger partial charge in [0.05, 0.1) is 5.00 Å². The fraction of sp³-hybridized carbons (Fsp3) is 0.667. The lowest BCUT2D eigenvalue weighted by molar-refractivity contribution is 0.374. The number of thiophene rings is 1. The van der Waals surface area contributed by atoms with Gasteiger partial charge in [0.15, 0.2) is 0 Å². The number of anilines is 1. The molecule has 1 heterocycles. The van der Waals surface area contributed by atoms with Gasteiger partial charge in [0.25, 0.3) is 0 Å². The summed E-state index contributed by atoms with van der Waals surface area (Å²) in [6.45, 7) is 2.18. The highest BCUT2D eigenvalue weighted by Gasteiger charge is 2.26. The summed E-state index contributed by atoms with van der Waals surface area (Å²) in [7, 11) is 2.19. The smallest absolute Gasteiger partial charge is 0.0938 e. The second-order valence-corrected chi connectivity index (χ2v) is 5.43. The number of aryl methyl sites for hydroxylation is 1. The number of hydrogen-bond donors (Lipinski definition) is 1. The molecule has 1 aromatic rings. The van der Waals surface area contributed by atoms with Crippen molar-refractivity contribution in [3.63, 3.8) is 0 Å². The molecule has 2 atom stereocenters. The van der Waals surface area contributed by atoms with E-state index in [0.29, 0.717) is 12.1 Å². The van der Waals surface area contributed by atoms with Gasteiger partial charge in [-0.1, -0.05) is 12.8 Å². The lowest BCUT2D eigenvalue weighted by Gasteiger charge is -2.37. The second kappa shape index (κ2) is 4.54. The van der Waals surface area contributed by atoms with Crippen LogP contribution in [-0.2, 0) is 0 Å². The van der Waals surface area contributed by atoms with E-state index in [9.17, 15) is 0 Å². The van der Waals surface area contributed by atoms with Crippen molar-refractivity contribution in [1.29, 1.82) is 0 Å². The average Bonchev–Trinajstić information content (AvgIpc) is 2.64. The van der Waals surface area contributed by atoms with Gasteiger partial charge >= 0.3 is 0 Å². The van der Waals surface area contributed by atoms with Crippen molar-refractivity contribution in [1.82, 2.24) is 0 Å². The lowest BCUT2D eigenvalue weighted by Crippen LogP contribution is -2.48. The molecular formula is C12H20N2S. The minimum Gasteiger partial charge on any atom is -0.362 e. The monoisotopic (exact) mass is 224 g/mol. The maximum Gasteiger partial charge on any atom is 0.0938 e.